The third-order valence-corrected chi connectivity index (χ3v) is 4.89. The van der Waals surface area contributed by atoms with Gasteiger partial charge < -0.3 is 11.1 Å². The minimum Gasteiger partial charge on any atom is -0.392 e. The van der Waals surface area contributed by atoms with Gasteiger partial charge in [-0.25, -0.2) is 8.42 Å². The van der Waals surface area contributed by atoms with Gasteiger partial charge in [0.2, 0.25) is 5.91 Å². The highest BCUT2D eigenvalue weighted by molar-refractivity contribution is 7.91. The molecule has 0 aromatic carbocycles. The molecule has 0 aliphatic heterocycles. The van der Waals surface area contributed by atoms with E-state index in [1.807, 2.05) is 0 Å². The van der Waals surface area contributed by atoms with Crippen molar-refractivity contribution in [3.05, 3.63) is 0 Å². The van der Waals surface area contributed by atoms with E-state index in [0.29, 0.717) is 12.8 Å². The van der Waals surface area contributed by atoms with Crippen LogP contribution in [0.1, 0.15) is 19.8 Å². The number of rotatable bonds is 6. The first-order valence-corrected chi connectivity index (χ1v) is 7.35. The predicted molar refractivity (Wildman–Crippen MR) is 65.8 cm³/mol. The Morgan fingerprint density at radius 1 is 1.50 bits per heavy atom. The monoisotopic (exact) mass is 264 g/mol. The maximum absolute atomic E-state index is 11.7. The Bertz CT molecular complexity index is 399. The smallest absolute Gasteiger partial charge is 0.233 e. The molecule has 1 aliphatic rings. The Morgan fingerprint density at radius 2 is 2.06 bits per heavy atom. The number of hydrogen-bond acceptors (Lipinski definition) is 4. The van der Waals surface area contributed by atoms with Crippen LogP contribution in [0.25, 0.3) is 0 Å². The summed E-state index contributed by atoms with van der Waals surface area (Å²) >= 11 is 4.82. The van der Waals surface area contributed by atoms with Crippen LogP contribution in [0.3, 0.4) is 0 Å². The zero-order chi connectivity index (χ0) is 12.4. The molecule has 1 saturated carbocycles. The lowest BCUT2D eigenvalue weighted by molar-refractivity contribution is -0.123. The minimum atomic E-state index is -3.04. The van der Waals surface area contributed by atoms with Gasteiger partial charge in [-0.3, -0.25) is 4.79 Å². The molecule has 0 unspecified atom stereocenters. The predicted octanol–water partition coefficient (Wildman–Crippen LogP) is -0.396. The van der Waals surface area contributed by atoms with Crippen LogP contribution in [0.2, 0.25) is 0 Å². The van der Waals surface area contributed by atoms with Crippen LogP contribution < -0.4 is 11.1 Å². The highest BCUT2D eigenvalue weighted by Gasteiger charge is 2.52. The molecule has 5 nitrogen and oxygen atoms in total. The lowest BCUT2D eigenvalue weighted by atomic mass is 10.1. The molecule has 1 fully saturated rings. The van der Waals surface area contributed by atoms with Crippen molar-refractivity contribution in [2.45, 2.75) is 19.8 Å². The van der Waals surface area contributed by atoms with Gasteiger partial charge in [0, 0.05) is 12.3 Å². The Labute approximate surface area is 101 Å². The van der Waals surface area contributed by atoms with Gasteiger partial charge in [0.25, 0.3) is 0 Å². The molecular weight excluding hydrogens is 248 g/mol. The number of nitrogens with two attached hydrogens (primary N) is 1. The standard InChI is InChI=1S/C9H16N2O3S2/c1-2-16(13,14)6-5-11-8(12)9(3-4-9)7(10)15/h2-6H2,1H3,(H2,10,15)(H,11,12). The molecule has 0 spiro atoms. The van der Waals surface area contributed by atoms with E-state index < -0.39 is 15.3 Å². The van der Waals surface area contributed by atoms with Crippen molar-refractivity contribution in [3.63, 3.8) is 0 Å². The SMILES string of the molecule is CCS(=O)(=O)CCNC(=O)C1(C(N)=S)CC1. The average Bonchev–Trinajstić information content (AvgIpc) is 2.98. The van der Waals surface area contributed by atoms with Gasteiger partial charge >= 0.3 is 0 Å². The molecule has 1 amide bonds. The van der Waals surface area contributed by atoms with Gasteiger partial charge in [-0.15, -0.1) is 0 Å². The Morgan fingerprint density at radius 3 is 2.44 bits per heavy atom. The number of hydrogen-bond donors (Lipinski definition) is 2. The number of sulfone groups is 1. The Hall–Kier alpha value is -0.690. The fourth-order valence-corrected chi connectivity index (χ4v) is 2.34. The number of nitrogens with one attached hydrogen (secondary N) is 1. The van der Waals surface area contributed by atoms with Gasteiger partial charge in [-0.05, 0) is 12.8 Å². The number of amides is 1. The molecule has 0 bridgehead atoms. The summed E-state index contributed by atoms with van der Waals surface area (Å²) in [6.45, 7) is 1.70. The molecule has 1 rings (SSSR count). The van der Waals surface area contributed by atoms with Gasteiger partial charge in [-0.1, -0.05) is 19.1 Å². The van der Waals surface area contributed by atoms with Gasteiger partial charge in [0.1, 0.15) is 0 Å². The van der Waals surface area contributed by atoms with Crippen LogP contribution in [-0.4, -0.2) is 37.4 Å². The van der Waals surface area contributed by atoms with Crippen LogP contribution in [0.4, 0.5) is 0 Å². The van der Waals surface area contributed by atoms with E-state index in [0.717, 1.165) is 0 Å². The zero-order valence-electron chi connectivity index (χ0n) is 9.15. The lowest BCUT2D eigenvalue weighted by Gasteiger charge is -2.13. The molecule has 0 atom stereocenters. The molecule has 0 aromatic heterocycles. The van der Waals surface area contributed by atoms with Crippen LogP contribution >= 0.6 is 12.2 Å². The van der Waals surface area contributed by atoms with Gasteiger partial charge in [-0.2, -0.15) is 0 Å². The number of carbonyl (C=O) groups excluding carboxylic acids is 1. The summed E-state index contributed by atoms with van der Waals surface area (Å²) in [5.41, 5.74) is 4.77. The van der Waals surface area contributed by atoms with E-state index in [1.165, 1.54) is 0 Å². The fraction of sp³-hybridized carbons (Fsp3) is 0.778. The largest absolute Gasteiger partial charge is 0.392 e. The normalized spacial score (nSPS) is 17.8. The first kappa shape index (κ1) is 13.4. The summed E-state index contributed by atoms with van der Waals surface area (Å²) in [6, 6.07) is 0. The first-order chi connectivity index (χ1) is 7.34. The molecule has 7 heteroatoms. The molecule has 16 heavy (non-hydrogen) atoms. The first-order valence-electron chi connectivity index (χ1n) is 5.13. The maximum Gasteiger partial charge on any atom is 0.233 e. The Kier molecular flexibility index (Phi) is 3.90. The quantitative estimate of drug-likeness (QED) is 0.637. The summed E-state index contributed by atoms with van der Waals surface area (Å²) in [5.74, 6) is -0.197. The second-order valence-electron chi connectivity index (χ2n) is 3.94. The van der Waals surface area contributed by atoms with E-state index in [1.54, 1.807) is 6.92 Å². The molecular formula is C9H16N2O3S2. The van der Waals surface area contributed by atoms with Crippen molar-refractivity contribution in [2.75, 3.05) is 18.1 Å². The zero-order valence-corrected chi connectivity index (χ0v) is 10.8. The van der Waals surface area contributed by atoms with Crippen molar-refractivity contribution in [2.24, 2.45) is 11.1 Å². The maximum atomic E-state index is 11.7. The summed E-state index contributed by atoms with van der Waals surface area (Å²) in [5, 5.41) is 2.57. The molecule has 0 aromatic rings. The molecule has 0 heterocycles. The van der Waals surface area contributed by atoms with Crippen molar-refractivity contribution < 1.29 is 13.2 Å². The topological polar surface area (TPSA) is 89.3 Å². The van der Waals surface area contributed by atoms with E-state index in [-0.39, 0.29) is 28.9 Å². The number of carbonyl (C=O) groups is 1. The molecule has 92 valence electrons. The summed E-state index contributed by atoms with van der Waals surface area (Å²) in [6.07, 6.45) is 1.32. The number of thiocarbonyl (C=S) groups is 1. The third kappa shape index (κ3) is 2.91. The third-order valence-electron chi connectivity index (χ3n) is 2.79. The van der Waals surface area contributed by atoms with Crippen molar-refractivity contribution in [3.8, 4) is 0 Å². The summed E-state index contributed by atoms with van der Waals surface area (Å²) in [7, 11) is -3.04. The van der Waals surface area contributed by atoms with Crippen LogP contribution in [0, 0.1) is 5.41 Å². The molecule has 0 saturated heterocycles. The van der Waals surface area contributed by atoms with E-state index >= 15 is 0 Å². The van der Waals surface area contributed by atoms with Crippen molar-refractivity contribution in [1.82, 2.24) is 5.32 Å². The minimum absolute atomic E-state index is 0.0390. The lowest BCUT2D eigenvalue weighted by Crippen LogP contribution is -2.41. The average molecular weight is 264 g/mol. The van der Waals surface area contributed by atoms with Crippen molar-refractivity contribution in [1.29, 1.82) is 0 Å². The second-order valence-corrected chi connectivity index (χ2v) is 6.85. The van der Waals surface area contributed by atoms with Crippen molar-refractivity contribution >= 4 is 33.0 Å². The van der Waals surface area contributed by atoms with Crippen LogP contribution in [0.15, 0.2) is 0 Å². The highest BCUT2D eigenvalue weighted by Crippen LogP contribution is 2.46. The van der Waals surface area contributed by atoms with Gasteiger partial charge in [0.05, 0.1) is 16.2 Å². The van der Waals surface area contributed by atoms with E-state index in [2.05, 4.69) is 5.32 Å². The molecule has 3 N–H and O–H groups in total. The van der Waals surface area contributed by atoms with Crippen LogP contribution in [0.5, 0.6) is 0 Å². The summed E-state index contributed by atoms with van der Waals surface area (Å²) in [4.78, 5) is 11.9. The van der Waals surface area contributed by atoms with E-state index in [9.17, 15) is 13.2 Å². The van der Waals surface area contributed by atoms with E-state index in [4.69, 9.17) is 18.0 Å². The van der Waals surface area contributed by atoms with Gasteiger partial charge in [0.15, 0.2) is 9.84 Å². The van der Waals surface area contributed by atoms with Crippen LogP contribution in [-0.2, 0) is 14.6 Å². The summed E-state index contributed by atoms with van der Waals surface area (Å²) < 4.78 is 22.4. The second kappa shape index (κ2) is 4.67. The molecule has 1 aliphatic carbocycles. The highest BCUT2D eigenvalue weighted by atomic mass is 32.2. The Balaban J connectivity index is 2.40. The molecule has 0 radical (unpaired) electrons. The fourth-order valence-electron chi connectivity index (χ4n) is 1.34.